The minimum Gasteiger partial charge on any atom is -0.508 e. The molecule has 2 aromatic rings. The first-order valence-corrected chi connectivity index (χ1v) is 12.4. The molecule has 0 saturated carbocycles. The quantitative estimate of drug-likeness (QED) is 0.488. The van der Waals surface area contributed by atoms with E-state index in [0.29, 0.717) is 11.5 Å². The van der Waals surface area contributed by atoms with Crippen molar-refractivity contribution in [3.8, 4) is 11.5 Å². The molecule has 0 amide bonds. The predicted molar refractivity (Wildman–Crippen MR) is 143 cm³/mol. The molecule has 0 aliphatic heterocycles. The van der Waals surface area contributed by atoms with E-state index < -0.39 is 0 Å². The molecule has 0 spiro atoms. The van der Waals surface area contributed by atoms with Crippen molar-refractivity contribution in [1.82, 2.24) is 0 Å². The first kappa shape index (κ1) is 27.3. The third-order valence-electron chi connectivity index (χ3n) is 6.61. The molecular weight excluding hydrogens is 404 g/mol. The van der Waals surface area contributed by atoms with Crippen LogP contribution in [0.2, 0.25) is 0 Å². The highest BCUT2D eigenvalue weighted by atomic mass is 16.3. The lowest BCUT2D eigenvalue weighted by Gasteiger charge is -2.34. The largest absolute Gasteiger partial charge is 0.508 e. The van der Waals surface area contributed by atoms with E-state index in [9.17, 15) is 10.2 Å². The van der Waals surface area contributed by atoms with Gasteiger partial charge in [-0.3, -0.25) is 0 Å². The van der Waals surface area contributed by atoms with Gasteiger partial charge in [0, 0.05) is 17.0 Å². The minimum absolute atomic E-state index is 0.0898. The lowest BCUT2D eigenvalue weighted by molar-refractivity contribution is 0.432. The topological polar surface area (TPSA) is 40.5 Å². The second-order valence-electron chi connectivity index (χ2n) is 13.9. The van der Waals surface area contributed by atoms with E-state index >= 15 is 0 Å². The first-order chi connectivity index (χ1) is 14.7. The van der Waals surface area contributed by atoms with Crippen LogP contribution in [0.5, 0.6) is 11.5 Å². The zero-order chi connectivity index (χ0) is 25.7. The Bertz CT molecular complexity index is 918. The lowest BCUT2D eigenvalue weighted by atomic mass is 9.71. The molecule has 0 aliphatic carbocycles. The fourth-order valence-corrected chi connectivity index (χ4v) is 5.12. The summed E-state index contributed by atoms with van der Waals surface area (Å²) in [6.07, 6.45) is 0.885. The molecule has 0 fully saturated rings. The van der Waals surface area contributed by atoms with Crippen molar-refractivity contribution in [3.63, 3.8) is 0 Å². The Morgan fingerprint density at radius 3 is 1.06 bits per heavy atom. The number of rotatable bonds is 3. The molecule has 0 heterocycles. The molecule has 0 bridgehead atoms. The van der Waals surface area contributed by atoms with Crippen LogP contribution in [0.3, 0.4) is 0 Å². The van der Waals surface area contributed by atoms with Crippen molar-refractivity contribution >= 4 is 0 Å². The smallest absolute Gasteiger partial charge is 0.119 e. The maximum atomic E-state index is 11.2. The number of hydrogen-bond acceptors (Lipinski definition) is 2. The highest BCUT2D eigenvalue weighted by Gasteiger charge is 2.32. The van der Waals surface area contributed by atoms with Gasteiger partial charge in [0.15, 0.2) is 0 Å². The van der Waals surface area contributed by atoms with Crippen LogP contribution in [0, 0.1) is 0 Å². The van der Waals surface area contributed by atoms with Crippen molar-refractivity contribution in [2.24, 2.45) is 0 Å². The summed E-state index contributed by atoms with van der Waals surface area (Å²) in [5.74, 6) is 0.831. The molecular formula is C31H48O2. The fraction of sp³-hybridized carbons (Fsp3) is 0.613. The lowest BCUT2D eigenvalue weighted by Crippen LogP contribution is -2.23. The highest BCUT2D eigenvalue weighted by molar-refractivity contribution is 5.55. The zero-order valence-electron chi connectivity index (χ0n) is 23.5. The van der Waals surface area contributed by atoms with E-state index in [1.54, 1.807) is 0 Å². The van der Waals surface area contributed by atoms with Crippen LogP contribution in [0.1, 0.15) is 136 Å². The zero-order valence-corrected chi connectivity index (χ0v) is 23.5. The Morgan fingerprint density at radius 2 is 0.848 bits per heavy atom. The van der Waals surface area contributed by atoms with Crippen LogP contribution >= 0.6 is 0 Å². The third-order valence-corrected chi connectivity index (χ3v) is 6.61. The van der Waals surface area contributed by atoms with E-state index in [0.717, 1.165) is 28.7 Å². The van der Waals surface area contributed by atoms with Crippen LogP contribution in [0.4, 0.5) is 0 Å². The molecule has 2 N–H and O–H groups in total. The van der Waals surface area contributed by atoms with Crippen molar-refractivity contribution in [2.75, 3.05) is 0 Å². The SMILES string of the molecule is CCC(c1cc(O)c(C(C)(C)C)c(C(C)(C)C)c1)c1cc(O)c(C(C)(C)C)c(C(C)(C)C)c1. The monoisotopic (exact) mass is 452 g/mol. The van der Waals surface area contributed by atoms with Gasteiger partial charge in [0.1, 0.15) is 11.5 Å². The number of phenols is 2. The van der Waals surface area contributed by atoms with Crippen LogP contribution < -0.4 is 0 Å². The summed E-state index contributed by atoms with van der Waals surface area (Å²) in [7, 11) is 0. The van der Waals surface area contributed by atoms with Gasteiger partial charge >= 0.3 is 0 Å². The van der Waals surface area contributed by atoms with Crippen molar-refractivity contribution in [3.05, 3.63) is 57.6 Å². The molecule has 2 rings (SSSR count). The van der Waals surface area contributed by atoms with Gasteiger partial charge in [0.05, 0.1) is 0 Å². The van der Waals surface area contributed by atoms with Gasteiger partial charge in [-0.15, -0.1) is 0 Å². The maximum absolute atomic E-state index is 11.2. The molecule has 2 heteroatoms. The molecule has 0 aromatic heterocycles. The molecule has 0 unspecified atom stereocenters. The fourth-order valence-electron chi connectivity index (χ4n) is 5.12. The average molecular weight is 453 g/mol. The van der Waals surface area contributed by atoms with Crippen molar-refractivity contribution in [2.45, 2.75) is 124 Å². The van der Waals surface area contributed by atoms with Gasteiger partial charge < -0.3 is 10.2 Å². The molecule has 0 radical (unpaired) electrons. The van der Waals surface area contributed by atoms with Crippen molar-refractivity contribution in [1.29, 1.82) is 0 Å². The van der Waals surface area contributed by atoms with Gasteiger partial charge in [0.2, 0.25) is 0 Å². The van der Waals surface area contributed by atoms with Crippen molar-refractivity contribution < 1.29 is 10.2 Å². The van der Waals surface area contributed by atoms with Gasteiger partial charge in [-0.25, -0.2) is 0 Å². The Hall–Kier alpha value is -1.96. The molecule has 2 aromatic carbocycles. The summed E-state index contributed by atoms with van der Waals surface area (Å²) in [5, 5.41) is 22.4. The van der Waals surface area contributed by atoms with Crippen LogP contribution in [0.25, 0.3) is 0 Å². The van der Waals surface area contributed by atoms with Gasteiger partial charge in [-0.05, 0) is 62.5 Å². The van der Waals surface area contributed by atoms with Crippen LogP contribution in [0.15, 0.2) is 24.3 Å². The second-order valence-corrected chi connectivity index (χ2v) is 13.9. The standard InChI is InChI=1S/C31H48O2/c1-14-21(19-15-22(28(2,3)4)26(24(32)17-19)30(8,9)10)20-16-23(29(5,6)7)27(25(33)18-20)31(11,12)13/h15-18,21,32-33H,14H2,1-13H3. The van der Waals surface area contributed by atoms with E-state index in [-0.39, 0.29) is 27.6 Å². The van der Waals surface area contributed by atoms with Gasteiger partial charge in [0.25, 0.3) is 0 Å². The molecule has 0 atom stereocenters. The highest BCUT2D eigenvalue weighted by Crippen LogP contribution is 2.46. The number of hydrogen-bond donors (Lipinski definition) is 2. The maximum Gasteiger partial charge on any atom is 0.119 e. The Kier molecular flexibility index (Phi) is 7.17. The molecule has 0 aliphatic rings. The van der Waals surface area contributed by atoms with E-state index in [4.69, 9.17) is 0 Å². The molecule has 0 saturated heterocycles. The minimum atomic E-state index is -0.154. The van der Waals surface area contributed by atoms with E-state index in [2.05, 4.69) is 102 Å². The summed E-state index contributed by atoms with van der Waals surface area (Å²) in [4.78, 5) is 0. The summed E-state index contributed by atoms with van der Waals surface area (Å²) in [6, 6.07) is 8.49. The Balaban J connectivity index is 2.84. The Labute approximate surface area is 203 Å². The normalized spacial score (nSPS) is 13.6. The molecule has 33 heavy (non-hydrogen) atoms. The third kappa shape index (κ3) is 5.76. The van der Waals surface area contributed by atoms with Gasteiger partial charge in [-0.2, -0.15) is 0 Å². The van der Waals surface area contributed by atoms with E-state index in [1.807, 2.05) is 12.1 Å². The van der Waals surface area contributed by atoms with Gasteiger partial charge in [-0.1, -0.05) is 102 Å². The summed E-state index contributed by atoms with van der Waals surface area (Å²) in [6.45, 7) is 28.4. The first-order valence-electron chi connectivity index (χ1n) is 12.4. The summed E-state index contributed by atoms with van der Waals surface area (Å²) >= 11 is 0. The summed E-state index contributed by atoms with van der Waals surface area (Å²) in [5.41, 5.74) is 6.14. The molecule has 184 valence electrons. The number of aromatic hydroxyl groups is 2. The second kappa shape index (κ2) is 8.67. The van der Waals surface area contributed by atoms with E-state index in [1.165, 1.54) is 11.1 Å². The van der Waals surface area contributed by atoms with Crippen LogP contribution in [-0.2, 0) is 21.7 Å². The summed E-state index contributed by atoms with van der Waals surface area (Å²) < 4.78 is 0. The number of phenolic OH excluding ortho intramolecular Hbond substituents is 2. The van der Waals surface area contributed by atoms with Crippen LogP contribution in [-0.4, -0.2) is 10.2 Å². The Morgan fingerprint density at radius 1 is 0.545 bits per heavy atom. The average Bonchev–Trinajstić information content (AvgIpc) is 2.57. The number of benzene rings is 2. The molecule has 2 nitrogen and oxygen atoms in total. The predicted octanol–water partition coefficient (Wildman–Crippen LogP) is 8.83.